The van der Waals surface area contributed by atoms with E-state index in [0.717, 1.165) is 0 Å². The average molecular weight is 559 g/mol. The molecule has 0 aromatic carbocycles. The minimum atomic E-state index is 0. The molecule has 0 aliphatic carbocycles. The van der Waals surface area contributed by atoms with Crippen LogP contribution in [0, 0.1) is 0 Å². The zero-order valence-electron chi connectivity index (χ0n) is 1.71. The summed E-state index contributed by atoms with van der Waals surface area (Å²) in [6.45, 7) is 0. The molecule has 44 valence electrons. The van der Waals surface area contributed by atoms with Crippen molar-refractivity contribution in [3.63, 3.8) is 0 Å². The number of rotatable bonds is 0. The molecule has 0 aromatic rings. The zero-order chi connectivity index (χ0) is 0. The minimum absolute atomic E-state index is 0. The largest absolute Gasteiger partial charge is 0 e. The number of hydrogen-bond acceptors (Lipinski definition) is 0. The Labute approximate surface area is 97.1 Å². The van der Waals surface area contributed by atoms with Gasteiger partial charge in [0, 0.05) is 98.8 Å². The summed E-state index contributed by atoms with van der Waals surface area (Å²) in [7, 11) is 0. The van der Waals surface area contributed by atoms with Crippen LogP contribution in [0.2, 0.25) is 0 Å². The van der Waals surface area contributed by atoms with Gasteiger partial charge in [0.1, 0.15) is 0 Å². The molecule has 5 heteroatoms. The second kappa shape index (κ2) is 27.2. The molecule has 0 unspecified atom stereocenters. The fourth-order valence-corrected chi connectivity index (χ4v) is 0. The third kappa shape index (κ3) is 19.1. The van der Waals surface area contributed by atoms with Gasteiger partial charge in [0.25, 0.3) is 0 Å². The molecule has 0 N–H and O–H groups in total. The normalized spacial score (nSPS) is 0. The van der Waals surface area contributed by atoms with E-state index in [1.165, 1.54) is 0 Å². The summed E-state index contributed by atoms with van der Waals surface area (Å²) in [6, 6.07) is 0. The smallest absolute Gasteiger partial charge is 0 e. The summed E-state index contributed by atoms with van der Waals surface area (Å²) in [5.41, 5.74) is 0. The van der Waals surface area contributed by atoms with Crippen molar-refractivity contribution < 1.29 is 98.8 Å². The van der Waals surface area contributed by atoms with E-state index in [4.69, 9.17) is 0 Å². The van der Waals surface area contributed by atoms with Crippen LogP contribution in [0.1, 0.15) is 0 Å². The quantitative estimate of drug-likeness (QED) is 0.367. The van der Waals surface area contributed by atoms with Crippen molar-refractivity contribution in [1.29, 1.82) is 0 Å². The Kier molecular flexibility index (Phi) is 227. The minimum Gasteiger partial charge on any atom is 0 e. The first-order chi connectivity index (χ1) is 0. The van der Waals surface area contributed by atoms with Crippen molar-refractivity contribution in [2.75, 3.05) is 0 Å². The van der Waals surface area contributed by atoms with E-state index < -0.39 is 0 Å². The predicted molar refractivity (Wildman–Crippen MR) is 0 cm³/mol. The Bertz CT molecular complexity index is 11.6. The molecule has 0 fully saturated rings. The summed E-state index contributed by atoms with van der Waals surface area (Å²) in [5, 5.41) is 0. The molecule has 0 aliphatic heterocycles. The molecule has 0 aliphatic rings. The monoisotopic (exact) mass is 561 g/mol. The summed E-state index contributed by atoms with van der Waals surface area (Å²) >= 11 is 0. The van der Waals surface area contributed by atoms with Crippen molar-refractivity contribution in [2.45, 2.75) is 0 Å². The fraction of sp³-hybridized carbons (Fsp3) is 0. The van der Waals surface area contributed by atoms with Crippen molar-refractivity contribution in [2.24, 2.45) is 0 Å². The van der Waals surface area contributed by atoms with E-state index in [-0.39, 0.29) is 98.8 Å². The average Bonchev–Trinajstić information content (AvgIpc) is 0. The molecule has 5 heavy (non-hydrogen) atoms. The number of hydrogen-bond donors (Lipinski definition) is 0. The summed E-state index contributed by atoms with van der Waals surface area (Å²) in [5.74, 6) is 0. The Balaban J connectivity index is 0. The summed E-state index contributed by atoms with van der Waals surface area (Å²) in [6.07, 6.45) is 0. The first-order valence-corrected chi connectivity index (χ1v) is 0. The van der Waals surface area contributed by atoms with Gasteiger partial charge in [-0.05, 0) is 0 Å². The van der Waals surface area contributed by atoms with Crippen LogP contribution < -0.4 is 0 Å². The standard InChI is InChI=1S/Co.Mo.Pd.Pt.Rh. The van der Waals surface area contributed by atoms with Gasteiger partial charge >= 0.3 is 0 Å². The van der Waals surface area contributed by atoms with Crippen LogP contribution in [-0.4, -0.2) is 0 Å². The Hall–Kier alpha value is 3.17. The van der Waals surface area contributed by atoms with E-state index >= 15 is 0 Å². The van der Waals surface area contributed by atoms with E-state index in [1.54, 1.807) is 0 Å². The Morgan fingerprint density at radius 3 is 1.00 bits per heavy atom. The molecule has 2 radical (unpaired) electrons. The van der Waals surface area contributed by atoms with Crippen LogP contribution >= 0.6 is 0 Å². The van der Waals surface area contributed by atoms with E-state index in [2.05, 4.69) is 0 Å². The first kappa shape index (κ1) is 41.8. The van der Waals surface area contributed by atoms with Crippen LogP contribution in [-0.2, 0) is 98.8 Å². The summed E-state index contributed by atoms with van der Waals surface area (Å²) < 4.78 is 0. The van der Waals surface area contributed by atoms with Gasteiger partial charge in [-0.15, -0.1) is 0 Å². The molecule has 0 saturated carbocycles. The molecule has 0 spiro atoms. The maximum atomic E-state index is 0. The molecule has 0 rings (SSSR count). The first-order valence-electron chi connectivity index (χ1n) is 0. The van der Waals surface area contributed by atoms with Gasteiger partial charge in [-0.25, -0.2) is 0 Å². The zero-order valence-corrected chi connectivity index (χ0v) is 10.2. The molecule has 0 heterocycles. The third-order valence-corrected chi connectivity index (χ3v) is 0. The molecule has 0 amide bonds. The van der Waals surface area contributed by atoms with Gasteiger partial charge in [0.15, 0.2) is 0 Å². The molecule has 0 bridgehead atoms. The SMILES string of the molecule is [Co].[Mo].[Pd].[Pt].[Rh]. The Morgan fingerprint density at radius 2 is 1.00 bits per heavy atom. The Morgan fingerprint density at radius 1 is 1.00 bits per heavy atom. The molecule has 0 aromatic heterocycles. The van der Waals surface area contributed by atoms with E-state index in [9.17, 15) is 0 Å². The van der Waals surface area contributed by atoms with Crippen LogP contribution in [0.25, 0.3) is 0 Å². The molecule has 0 nitrogen and oxygen atoms in total. The van der Waals surface area contributed by atoms with Gasteiger partial charge in [-0.3, -0.25) is 0 Å². The maximum absolute atomic E-state index is 0. The maximum Gasteiger partial charge on any atom is 0 e. The topological polar surface area (TPSA) is 0 Å². The van der Waals surface area contributed by atoms with Gasteiger partial charge in [0.2, 0.25) is 0 Å². The molecular weight excluding hydrogens is 559 g/mol. The predicted octanol–water partition coefficient (Wildman–Crippen LogP) is -0.0125. The van der Waals surface area contributed by atoms with Gasteiger partial charge in [0.05, 0.1) is 0 Å². The van der Waals surface area contributed by atoms with E-state index in [1.807, 2.05) is 0 Å². The van der Waals surface area contributed by atoms with Crippen molar-refractivity contribution >= 4 is 0 Å². The van der Waals surface area contributed by atoms with Crippen molar-refractivity contribution in [3.05, 3.63) is 0 Å². The van der Waals surface area contributed by atoms with Gasteiger partial charge in [-0.2, -0.15) is 0 Å². The van der Waals surface area contributed by atoms with Gasteiger partial charge < -0.3 is 0 Å². The van der Waals surface area contributed by atoms with Gasteiger partial charge in [-0.1, -0.05) is 0 Å². The molecule has 0 atom stereocenters. The third-order valence-electron chi connectivity index (χ3n) is 0. The van der Waals surface area contributed by atoms with Crippen molar-refractivity contribution in [1.82, 2.24) is 0 Å². The van der Waals surface area contributed by atoms with Crippen molar-refractivity contribution in [3.8, 4) is 0 Å². The van der Waals surface area contributed by atoms with Crippen LogP contribution in [0.5, 0.6) is 0 Å². The van der Waals surface area contributed by atoms with Crippen LogP contribution in [0.3, 0.4) is 0 Å². The van der Waals surface area contributed by atoms with Crippen LogP contribution in [0.4, 0.5) is 0 Å². The second-order valence-electron chi connectivity index (χ2n) is 0. The second-order valence-corrected chi connectivity index (χ2v) is 0. The van der Waals surface area contributed by atoms with Crippen LogP contribution in [0.15, 0.2) is 0 Å². The molecular formula is CoMoPdPtRh. The van der Waals surface area contributed by atoms with E-state index in [0.29, 0.717) is 0 Å². The summed E-state index contributed by atoms with van der Waals surface area (Å²) in [4.78, 5) is 0. The molecule has 0 saturated heterocycles. The fourth-order valence-electron chi connectivity index (χ4n) is 0.